The van der Waals surface area contributed by atoms with Gasteiger partial charge in [-0.1, -0.05) is 51.0 Å². The normalized spacial score (nSPS) is 16.2. The molecule has 1 aliphatic heterocycles. The Morgan fingerprint density at radius 2 is 0.854 bits per heavy atom. The van der Waals surface area contributed by atoms with Gasteiger partial charge in [0.15, 0.2) is 0 Å². The molecule has 48 heavy (non-hydrogen) atoms. The molecule has 0 saturated carbocycles. The van der Waals surface area contributed by atoms with Crippen LogP contribution < -0.4 is 0 Å². The van der Waals surface area contributed by atoms with Gasteiger partial charge in [0, 0.05) is 30.6 Å². The molecule has 3 aromatic carbocycles. The summed E-state index contributed by atoms with van der Waals surface area (Å²) in [6, 6.07) is 8.21. The second kappa shape index (κ2) is 9.21. The van der Waals surface area contributed by atoms with Crippen LogP contribution in [0.5, 0.6) is 0 Å². The highest BCUT2D eigenvalue weighted by atomic mass is 32.5. The van der Waals surface area contributed by atoms with Crippen LogP contribution >= 0.6 is 54.8 Å². The van der Waals surface area contributed by atoms with Gasteiger partial charge in [0.2, 0.25) is 0 Å². The van der Waals surface area contributed by atoms with Crippen molar-refractivity contribution in [1.29, 1.82) is 0 Å². The fraction of sp³-hybridized carbons (Fsp3) is 0. The molecule has 0 N–H and O–H groups in total. The molecule has 0 saturated heterocycles. The van der Waals surface area contributed by atoms with E-state index in [1.165, 1.54) is 12.1 Å². The summed E-state index contributed by atoms with van der Waals surface area (Å²) in [4.78, 5) is -3.87. The van der Waals surface area contributed by atoms with E-state index in [4.69, 9.17) is 0 Å². The fourth-order valence-electron chi connectivity index (χ4n) is 4.91. The molecule has 6 aromatic rings. The van der Waals surface area contributed by atoms with E-state index >= 15 is 0 Å². The fourth-order valence-corrected chi connectivity index (χ4v) is 9.64. The summed E-state index contributed by atoms with van der Waals surface area (Å²) in [6.07, 6.45) is 0. The van der Waals surface area contributed by atoms with Gasteiger partial charge >= 0.3 is 20.4 Å². The Bertz CT molecular complexity index is 2280. The number of thiophene rings is 2. The Balaban J connectivity index is 1.30. The van der Waals surface area contributed by atoms with E-state index in [0.29, 0.717) is 55.4 Å². The monoisotopic (exact) mass is 798 g/mol. The summed E-state index contributed by atoms with van der Waals surface area (Å²) in [6.45, 7) is 0. The van der Waals surface area contributed by atoms with E-state index in [1.807, 2.05) is 0 Å². The van der Waals surface area contributed by atoms with Gasteiger partial charge in [-0.05, 0) is 59.7 Å². The summed E-state index contributed by atoms with van der Waals surface area (Å²) < 4.78 is 178. The van der Waals surface area contributed by atoms with Crippen LogP contribution in [0.4, 0.5) is 59.0 Å². The predicted octanol–water partition coefficient (Wildman–Crippen LogP) is 14.8. The highest BCUT2D eigenvalue weighted by Gasteiger charge is 2.67. The number of nitrogens with zero attached hydrogens (tertiary/aromatic N) is 4. The summed E-state index contributed by atoms with van der Waals surface area (Å²) in [5.41, 5.74) is 1.89. The maximum absolute atomic E-state index is 14.3. The van der Waals surface area contributed by atoms with Crippen LogP contribution in [-0.4, -0.2) is 8.75 Å². The van der Waals surface area contributed by atoms with E-state index in [2.05, 4.69) is 17.5 Å². The lowest BCUT2D eigenvalue weighted by Crippen LogP contribution is -2.08. The van der Waals surface area contributed by atoms with E-state index in [9.17, 15) is 47.6 Å². The van der Waals surface area contributed by atoms with Crippen molar-refractivity contribution in [1.82, 2.24) is 8.75 Å². The Morgan fingerprint density at radius 1 is 0.479 bits per heavy atom. The minimum absolute atomic E-state index is 0.00362. The van der Waals surface area contributed by atoms with Gasteiger partial charge in [-0.2, -0.15) is 17.5 Å². The van der Waals surface area contributed by atoms with Gasteiger partial charge in [-0.25, -0.2) is 8.78 Å². The zero-order valence-corrected chi connectivity index (χ0v) is 27.4. The van der Waals surface area contributed by atoms with Crippen molar-refractivity contribution in [2.24, 2.45) is 8.73 Å². The molecule has 22 heteroatoms. The molecule has 4 heterocycles. The average Bonchev–Trinajstić information content (AvgIpc) is 3.75. The molecule has 4 nitrogen and oxygen atoms in total. The van der Waals surface area contributed by atoms with Crippen molar-refractivity contribution in [3.63, 3.8) is 0 Å². The highest BCUT2D eigenvalue weighted by Crippen LogP contribution is 3.03. The van der Waals surface area contributed by atoms with Crippen LogP contribution in [0.25, 0.3) is 52.8 Å². The minimum atomic E-state index is -10.3. The van der Waals surface area contributed by atoms with Gasteiger partial charge in [0.1, 0.15) is 43.8 Å². The van der Waals surface area contributed by atoms with Gasteiger partial charge in [0.05, 0.1) is 23.1 Å². The Morgan fingerprint density at radius 3 is 1.21 bits per heavy atom. The van der Waals surface area contributed by atoms with Gasteiger partial charge < -0.3 is 0 Å². The van der Waals surface area contributed by atoms with Crippen LogP contribution in [0.2, 0.25) is 0 Å². The smallest absolute Gasteiger partial charge is 0.205 e. The molecule has 0 radical (unpaired) electrons. The number of hydrogen-bond donors (Lipinski definition) is 0. The van der Waals surface area contributed by atoms with Crippen LogP contribution in [-0.2, 0) is 11.4 Å². The third-order valence-electron chi connectivity index (χ3n) is 6.89. The minimum Gasteiger partial charge on any atom is -0.205 e. The maximum atomic E-state index is 14.3. The molecule has 0 atom stereocenters. The number of fused-ring (bicyclic) bond motifs is 2. The zero-order valence-electron chi connectivity index (χ0n) is 22.5. The van der Waals surface area contributed by atoms with Crippen molar-refractivity contribution in [3.05, 3.63) is 72.3 Å². The summed E-state index contributed by atoms with van der Waals surface area (Å²) in [5.74, 6) is -4.26. The molecule has 7 rings (SSSR count). The number of benzene rings is 3. The highest BCUT2D eigenvalue weighted by molar-refractivity contribution is 8.46. The first-order valence-corrected chi connectivity index (χ1v) is 19.6. The molecule has 0 fully saturated rings. The molecule has 0 spiro atoms. The number of hydrogen-bond acceptors (Lipinski definition) is 7. The van der Waals surface area contributed by atoms with Crippen molar-refractivity contribution >= 4 is 88.6 Å². The first-order valence-electron chi connectivity index (χ1n) is 12.6. The lowest BCUT2D eigenvalue weighted by Gasteiger charge is -2.40. The van der Waals surface area contributed by atoms with Crippen LogP contribution in [0.15, 0.2) is 79.2 Å². The average molecular weight is 799 g/mol. The zero-order chi connectivity index (χ0) is 34.8. The van der Waals surface area contributed by atoms with E-state index < -0.39 is 41.9 Å². The van der Waals surface area contributed by atoms with Gasteiger partial charge in [-0.15, -0.1) is 22.7 Å². The number of halogens is 12. The Labute approximate surface area is 276 Å². The third-order valence-corrected chi connectivity index (χ3v) is 12.6. The second-order valence-electron chi connectivity index (χ2n) is 10.2. The first-order chi connectivity index (χ1) is 21.9. The maximum Gasteiger partial charge on any atom is 0.313 e. The molecular formula is C26H10F12N4S6. The third kappa shape index (κ3) is 5.80. The van der Waals surface area contributed by atoms with Crippen LogP contribution in [0.1, 0.15) is 0 Å². The Kier molecular flexibility index (Phi) is 6.35. The molecule has 254 valence electrons. The van der Waals surface area contributed by atoms with Crippen molar-refractivity contribution in [2.75, 3.05) is 0 Å². The van der Waals surface area contributed by atoms with Crippen molar-refractivity contribution in [3.8, 4) is 41.8 Å². The van der Waals surface area contributed by atoms with Crippen LogP contribution in [0, 0.1) is 11.6 Å². The number of aromatic nitrogens is 2. The van der Waals surface area contributed by atoms with E-state index in [0.717, 1.165) is 57.9 Å². The van der Waals surface area contributed by atoms with Gasteiger partial charge in [0.25, 0.3) is 0 Å². The predicted molar refractivity (Wildman–Crippen MR) is 169 cm³/mol. The van der Waals surface area contributed by atoms with Crippen molar-refractivity contribution < 1.29 is 47.6 Å². The topological polar surface area (TPSA) is 50.5 Å². The molecule has 0 aliphatic carbocycles. The summed E-state index contributed by atoms with van der Waals surface area (Å²) >= 11 is 3.59. The van der Waals surface area contributed by atoms with Crippen molar-refractivity contribution in [2.45, 2.75) is 9.79 Å². The quantitative estimate of drug-likeness (QED) is 0.157. The molecule has 1 aliphatic rings. The SMILES string of the molecule is Fc1cc(-c2ccc(-c3c4c(c(-c5ccc(-c6ccc(S(F)(F)(F)(F)F)c(F)c6)s5)c5nsnc35)N=S=N4)s2)ccc1S(F)(F)(F)(F)F. The lowest BCUT2D eigenvalue weighted by molar-refractivity contribution is 0.352. The largest absolute Gasteiger partial charge is 0.313 e. The molecule has 3 aromatic heterocycles. The van der Waals surface area contributed by atoms with E-state index in [1.54, 1.807) is 12.1 Å². The number of rotatable bonds is 6. The van der Waals surface area contributed by atoms with E-state index in [-0.39, 0.29) is 33.0 Å². The summed E-state index contributed by atoms with van der Waals surface area (Å²) in [5, 5.41) is 0. The second-order valence-corrected chi connectivity index (χ2v) is 18.2. The lowest BCUT2D eigenvalue weighted by atomic mass is 10.0. The molecule has 0 bridgehead atoms. The molecule has 0 amide bonds. The standard InChI is InChI=1S/C26H10F12N4S6/c27-13-9-11(1-7-19(13)47(29,30,31,32)33)15-3-5-17(43-15)21-23-25(41-45-39-23)22(26-24(21)40-46-42-26)18-6-4-16(44-18)12-2-8-20(14(28)10-12)48(34,35,36,37)38/h1-10H. The van der Waals surface area contributed by atoms with Crippen LogP contribution in [0.3, 0.4) is 0 Å². The Hall–Kier alpha value is -3.44. The first kappa shape index (κ1) is 33.1. The molecular weight excluding hydrogens is 789 g/mol. The summed E-state index contributed by atoms with van der Waals surface area (Å²) in [7, 11) is -20.5. The van der Waals surface area contributed by atoms with Gasteiger partial charge in [-0.3, -0.25) is 0 Å². The molecule has 0 unspecified atom stereocenters.